The van der Waals surface area contributed by atoms with Crippen LogP contribution in [0.4, 0.5) is 26.7 Å². The van der Waals surface area contributed by atoms with Crippen molar-refractivity contribution < 1.29 is 31.4 Å². The highest BCUT2D eigenvalue weighted by Crippen LogP contribution is 2.54. The highest BCUT2D eigenvalue weighted by molar-refractivity contribution is 6.82. The molecule has 3 heterocycles. The normalized spacial score (nSPS) is 26.2. The molecule has 2 saturated heterocycles. The van der Waals surface area contributed by atoms with Crippen LogP contribution in [0.25, 0.3) is 11.0 Å². The molecule has 13 heteroatoms. The number of aromatic amines is 1. The zero-order chi connectivity index (χ0) is 22.8. The minimum atomic E-state index is -4.49. The van der Waals surface area contributed by atoms with Crippen LogP contribution in [0.15, 0.2) is 18.2 Å². The highest BCUT2D eigenvalue weighted by atomic mass is 19.4. The summed E-state index contributed by atoms with van der Waals surface area (Å²) >= 11 is 0. The zero-order valence-electron chi connectivity index (χ0n) is 16.8. The van der Waals surface area contributed by atoms with E-state index >= 15 is 0 Å². The number of rotatable bonds is 6. The molecule has 2 N–H and O–H groups in total. The Morgan fingerprint density at radius 1 is 1.35 bits per heavy atom. The summed E-state index contributed by atoms with van der Waals surface area (Å²) < 4.78 is 72.1. The summed E-state index contributed by atoms with van der Waals surface area (Å²) in [5.74, 6) is 0.421. The van der Waals surface area contributed by atoms with E-state index in [9.17, 15) is 26.7 Å². The molecule has 0 spiro atoms. The quantitative estimate of drug-likeness (QED) is 0.537. The number of halogens is 5. The molecule has 6 nitrogen and oxygen atoms in total. The SMILES string of the molecule is [B]C12B(F)C1(F)CNC(=O)N2Cc1ccc2nc(CCOC(C)(C)C(F)(F)F)[nH]c2c1. The van der Waals surface area contributed by atoms with E-state index in [0.717, 1.165) is 18.7 Å². The van der Waals surface area contributed by atoms with Crippen molar-refractivity contribution in [2.75, 3.05) is 13.2 Å². The van der Waals surface area contributed by atoms with Gasteiger partial charge in [-0.3, -0.25) is 0 Å². The molecule has 4 rings (SSSR count). The maximum absolute atomic E-state index is 14.5. The Balaban J connectivity index is 1.45. The number of nitrogens with zero attached hydrogens (tertiary/aromatic N) is 2. The third kappa shape index (κ3) is 3.37. The maximum atomic E-state index is 14.5. The average Bonchev–Trinajstić information content (AvgIpc) is 2.98. The number of hydrogen-bond donors (Lipinski definition) is 2. The summed E-state index contributed by atoms with van der Waals surface area (Å²) in [6.07, 6.45) is -4.37. The minimum Gasteiger partial charge on any atom is -0.366 e. The van der Waals surface area contributed by atoms with Gasteiger partial charge in [-0.25, -0.2) is 14.2 Å². The van der Waals surface area contributed by atoms with Crippen LogP contribution in [0.2, 0.25) is 0 Å². The lowest BCUT2D eigenvalue weighted by molar-refractivity contribution is -0.263. The number of H-pyrrole nitrogens is 1. The van der Waals surface area contributed by atoms with Crippen molar-refractivity contribution in [3.8, 4) is 0 Å². The predicted molar refractivity (Wildman–Crippen MR) is 104 cm³/mol. The van der Waals surface area contributed by atoms with Gasteiger partial charge in [-0.1, -0.05) is 6.07 Å². The fraction of sp³-hybridized carbons (Fsp3) is 0.556. The predicted octanol–water partition coefficient (Wildman–Crippen LogP) is 2.61. The Labute approximate surface area is 176 Å². The van der Waals surface area contributed by atoms with Gasteiger partial charge < -0.3 is 24.3 Å². The van der Waals surface area contributed by atoms with Gasteiger partial charge in [0.05, 0.1) is 29.5 Å². The number of aromatic nitrogens is 2. The van der Waals surface area contributed by atoms with Gasteiger partial charge in [0.1, 0.15) is 13.7 Å². The van der Waals surface area contributed by atoms with Crippen LogP contribution in [0.5, 0.6) is 0 Å². The van der Waals surface area contributed by atoms with Gasteiger partial charge in [-0.05, 0) is 31.5 Å². The van der Waals surface area contributed by atoms with E-state index in [1.165, 1.54) is 0 Å². The largest absolute Gasteiger partial charge is 0.416 e. The van der Waals surface area contributed by atoms with Crippen LogP contribution < -0.4 is 5.32 Å². The first-order chi connectivity index (χ1) is 14.3. The monoisotopic (exact) mass is 440 g/mol. The molecule has 2 unspecified atom stereocenters. The molecule has 0 aliphatic carbocycles. The Hall–Kier alpha value is -2.30. The summed E-state index contributed by atoms with van der Waals surface area (Å²) in [4.78, 5) is 20.4. The van der Waals surface area contributed by atoms with E-state index in [1.54, 1.807) is 18.2 Å². The molecule has 0 saturated carbocycles. The van der Waals surface area contributed by atoms with Crippen LogP contribution in [0.1, 0.15) is 25.2 Å². The summed E-state index contributed by atoms with van der Waals surface area (Å²) in [7, 11) is 5.85. The summed E-state index contributed by atoms with van der Waals surface area (Å²) in [6, 6.07) is 4.26. The van der Waals surface area contributed by atoms with Crippen molar-refractivity contribution >= 4 is 31.9 Å². The van der Waals surface area contributed by atoms with Crippen LogP contribution in [0.3, 0.4) is 0 Å². The molecule has 2 aliphatic rings. The number of hydrogen-bond acceptors (Lipinski definition) is 3. The average molecular weight is 440 g/mol. The topological polar surface area (TPSA) is 70.2 Å². The van der Waals surface area contributed by atoms with Gasteiger partial charge in [-0.2, -0.15) is 13.2 Å². The van der Waals surface area contributed by atoms with Crippen molar-refractivity contribution in [1.29, 1.82) is 0 Å². The molecule has 2 amide bonds. The second kappa shape index (κ2) is 6.85. The van der Waals surface area contributed by atoms with E-state index in [2.05, 4.69) is 15.3 Å². The molecular weight excluding hydrogens is 421 g/mol. The van der Waals surface area contributed by atoms with E-state index in [4.69, 9.17) is 12.6 Å². The molecule has 2 radical (unpaired) electrons. The lowest BCUT2D eigenvalue weighted by atomic mass is 9.73. The van der Waals surface area contributed by atoms with Crippen LogP contribution in [-0.2, 0) is 17.7 Å². The van der Waals surface area contributed by atoms with E-state index in [1.807, 2.05) is 0 Å². The fourth-order valence-electron chi connectivity index (χ4n) is 3.72. The van der Waals surface area contributed by atoms with Gasteiger partial charge in [-0.15, -0.1) is 0 Å². The summed E-state index contributed by atoms with van der Waals surface area (Å²) in [5, 5.41) is 0.297. The molecule has 2 aliphatic heterocycles. The molecular formula is C18H19B2F5N4O2. The lowest BCUT2D eigenvalue weighted by Crippen LogP contribution is -2.58. The van der Waals surface area contributed by atoms with E-state index in [-0.39, 0.29) is 19.6 Å². The first-order valence-electron chi connectivity index (χ1n) is 9.65. The van der Waals surface area contributed by atoms with Gasteiger partial charge >= 0.3 is 19.2 Å². The number of benzene rings is 1. The van der Waals surface area contributed by atoms with Gasteiger partial charge in [0, 0.05) is 13.0 Å². The molecule has 31 heavy (non-hydrogen) atoms. The number of urea groups is 1. The van der Waals surface area contributed by atoms with Crippen LogP contribution in [-0.4, -0.2) is 71.6 Å². The molecule has 2 fully saturated rings. The van der Waals surface area contributed by atoms with Gasteiger partial charge in [0.2, 0.25) is 0 Å². The third-order valence-electron chi connectivity index (χ3n) is 5.98. The number of nitrogens with one attached hydrogen (secondary N) is 2. The van der Waals surface area contributed by atoms with E-state index < -0.39 is 42.2 Å². The standard InChI is InChI=1S/C18H19B2F5N4O2/c1-15(2,18(22,23)24)31-6-5-13-27-11-4-3-10(7-12(11)28-13)8-29-14(30)26-9-16(21)17(29,19)20(16)25/h3-4,7H,5-6,8-9H2,1-2H3,(H,26,30)(H,27,28). The Morgan fingerprint density at radius 3 is 2.74 bits per heavy atom. The molecule has 1 aromatic heterocycles. The highest BCUT2D eigenvalue weighted by Gasteiger charge is 2.85. The smallest absolute Gasteiger partial charge is 0.366 e. The molecule has 2 atom stereocenters. The number of ether oxygens (including phenoxy) is 1. The van der Waals surface area contributed by atoms with Gasteiger partial charge in [0.15, 0.2) is 11.2 Å². The molecule has 0 bridgehead atoms. The zero-order valence-corrected chi connectivity index (χ0v) is 16.8. The number of fused-ring (bicyclic) bond motifs is 2. The number of imidazole rings is 1. The van der Waals surface area contributed by atoms with Crippen molar-refractivity contribution in [1.82, 2.24) is 20.2 Å². The fourth-order valence-corrected chi connectivity index (χ4v) is 3.72. The lowest BCUT2D eigenvalue weighted by Gasteiger charge is -2.36. The van der Waals surface area contributed by atoms with Crippen LogP contribution >= 0.6 is 0 Å². The Morgan fingerprint density at radius 2 is 2.06 bits per heavy atom. The molecule has 2 aromatic rings. The molecule has 1 aromatic carbocycles. The second-order valence-corrected chi connectivity index (χ2v) is 8.44. The first kappa shape index (κ1) is 21.9. The van der Waals surface area contributed by atoms with Crippen molar-refractivity contribution in [2.45, 2.75) is 49.5 Å². The van der Waals surface area contributed by atoms with Crippen molar-refractivity contribution in [3.63, 3.8) is 0 Å². The first-order valence-corrected chi connectivity index (χ1v) is 9.65. The number of carbonyl (C=O) groups excluding carboxylic acids is 1. The minimum absolute atomic E-state index is 0.123. The number of alkyl halides is 4. The Kier molecular flexibility index (Phi) is 4.84. The summed E-state index contributed by atoms with van der Waals surface area (Å²) in [6.45, 7) is -0.876. The number of amides is 2. The van der Waals surface area contributed by atoms with Crippen molar-refractivity contribution in [3.05, 3.63) is 29.6 Å². The Bertz CT molecular complexity index is 1030. The van der Waals surface area contributed by atoms with Gasteiger partial charge in [0.25, 0.3) is 0 Å². The van der Waals surface area contributed by atoms with E-state index in [0.29, 0.717) is 22.4 Å². The maximum Gasteiger partial charge on any atom is 0.416 e. The van der Waals surface area contributed by atoms with Crippen LogP contribution in [0, 0.1) is 0 Å². The second-order valence-electron chi connectivity index (χ2n) is 8.44. The third-order valence-corrected chi connectivity index (χ3v) is 5.98. The number of carbonyl (C=O) groups is 1. The summed E-state index contributed by atoms with van der Waals surface area (Å²) in [5.41, 5.74) is -2.93. The van der Waals surface area contributed by atoms with Crippen molar-refractivity contribution in [2.24, 2.45) is 0 Å². The molecule has 164 valence electrons.